The van der Waals surface area contributed by atoms with Gasteiger partial charge in [-0.25, -0.2) is 0 Å². The van der Waals surface area contributed by atoms with Crippen LogP contribution in [0.4, 0.5) is 0 Å². The van der Waals surface area contributed by atoms with Gasteiger partial charge in [0.25, 0.3) is 5.91 Å². The van der Waals surface area contributed by atoms with Gasteiger partial charge in [-0.3, -0.25) is 9.69 Å². The van der Waals surface area contributed by atoms with Gasteiger partial charge in [-0.1, -0.05) is 66.7 Å². The first-order valence-corrected chi connectivity index (χ1v) is 12.7. The minimum absolute atomic E-state index is 0.0128. The number of nitrogens with one attached hydrogen (secondary N) is 1. The number of unbranched alkanes of at least 4 members (excludes halogenated alkanes) is 1. The van der Waals surface area contributed by atoms with E-state index in [0.717, 1.165) is 55.2 Å². The van der Waals surface area contributed by atoms with Crippen LogP contribution in [0.1, 0.15) is 34.3 Å². The van der Waals surface area contributed by atoms with Crippen LogP contribution in [0.15, 0.2) is 91.0 Å². The van der Waals surface area contributed by atoms with Crippen molar-refractivity contribution in [2.75, 3.05) is 19.6 Å². The van der Waals surface area contributed by atoms with Crippen LogP contribution in [0, 0.1) is 0 Å². The summed E-state index contributed by atoms with van der Waals surface area (Å²) in [6.45, 7) is 3.92. The second-order valence-corrected chi connectivity index (χ2v) is 9.67. The standard InChI is InChI=1S/C32H30N2O/c35-32(27-13-12-26-19-24-8-1-2-9-25(24)20-29(26)21-27)33-16-5-6-17-34-18-15-31-28(22-34)14-11-23-7-3-4-10-30(23)31/h1-4,7-14,19-21H,5-6,15-18,22H2,(H,33,35). The van der Waals surface area contributed by atoms with Crippen LogP contribution >= 0.6 is 0 Å². The molecule has 0 aromatic heterocycles. The van der Waals surface area contributed by atoms with Gasteiger partial charge in [0.2, 0.25) is 0 Å². The Labute approximate surface area is 206 Å². The first kappa shape index (κ1) is 21.8. The van der Waals surface area contributed by atoms with Crippen molar-refractivity contribution in [3.63, 3.8) is 0 Å². The fourth-order valence-electron chi connectivity index (χ4n) is 5.45. The molecule has 5 aromatic rings. The van der Waals surface area contributed by atoms with Crippen LogP contribution < -0.4 is 5.32 Å². The Kier molecular flexibility index (Phi) is 5.93. The molecule has 6 rings (SSSR count). The van der Waals surface area contributed by atoms with Gasteiger partial charge in [0.15, 0.2) is 0 Å². The van der Waals surface area contributed by atoms with Gasteiger partial charge in [-0.2, -0.15) is 0 Å². The summed E-state index contributed by atoms with van der Waals surface area (Å²) in [5, 5.41) is 10.6. The molecule has 1 aliphatic rings. The maximum Gasteiger partial charge on any atom is 0.251 e. The average molecular weight is 459 g/mol. The zero-order chi connectivity index (χ0) is 23.6. The van der Waals surface area contributed by atoms with Crippen molar-refractivity contribution in [2.45, 2.75) is 25.8 Å². The number of nitrogens with zero attached hydrogens (tertiary/aromatic N) is 1. The Bertz CT molecular complexity index is 1540. The molecule has 0 aliphatic carbocycles. The van der Waals surface area contributed by atoms with Crippen molar-refractivity contribution in [3.8, 4) is 0 Å². The number of carbonyl (C=O) groups excluding carboxylic acids is 1. The highest BCUT2D eigenvalue weighted by Gasteiger charge is 2.17. The lowest BCUT2D eigenvalue weighted by Gasteiger charge is -2.29. The summed E-state index contributed by atoms with van der Waals surface area (Å²) in [6, 6.07) is 32.0. The highest BCUT2D eigenvalue weighted by atomic mass is 16.1. The number of rotatable bonds is 6. The molecule has 0 saturated heterocycles. The molecule has 0 radical (unpaired) electrons. The topological polar surface area (TPSA) is 32.3 Å². The van der Waals surface area contributed by atoms with E-state index in [1.807, 2.05) is 18.2 Å². The van der Waals surface area contributed by atoms with Gasteiger partial charge in [0.05, 0.1) is 0 Å². The van der Waals surface area contributed by atoms with Crippen molar-refractivity contribution < 1.29 is 4.79 Å². The Morgan fingerprint density at radius 1 is 0.743 bits per heavy atom. The Balaban J connectivity index is 1.01. The largest absolute Gasteiger partial charge is 0.352 e. The summed E-state index contributed by atoms with van der Waals surface area (Å²) in [4.78, 5) is 15.3. The molecule has 0 unspecified atom stereocenters. The summed E-state index contributed by atoms with van der Waals surface area (Å²) in [5.74, 6) is 0.0128. The third-order valence-corrected chi connectivity index (χ3v) is 7.36. The lowest BCUT2D eigenvalue weighted by atomic mass is 9.93. The van der Waals surface area contributed by atoms with Gasteiger partial charge >= 0.3 is 0 Å². The predicted molar refractivity (Wildman–Crippen MR) is 146 cm³/mol. The molecule has 1 aliphatic heterocycles. The molecular formula is C32H30N2O. The number of carbonyl (C=O) groups is 1. The molecule has 3 heteroatoms. The quantitative estimate of drug-likeness (QED) is 0.226. The highest BCUT2D eigenvalue weighted by Crippen LogP contribution is 2.28. The molecule has 3 nitrogen and oxygen atoms in total. The summed E-state index contributed by atoms with van der Waals surface area (Å²) in [6.07, 6.45) is 3.20. The van der Waals surface area contributed by atoms with Crippen molar-refractivity contribution in [2.24, 2.45) is 0 Å². The highest BCUT2D eigenvalue weighted by molar-refractivity contribution is 6.03. The number of benzene rings is 5. The normalized spacial score (nSPS) is 13.8. The number of hydrogen-bond donors (Lipinski definition) is 1. The Hall–Kier alpha value is -3.69. The van der Waals surface area contributed by atoms with E-state index in [4.69, 9.17) is 0 Å². The SMILES string of the molecule is O=C(NCCCCN1CCc2c(ccc3ccccc23)C1)c1ccc2cc3ccccc3cc2c1. The summed E-state index contributed by atoms with van der Waals surface area (Å²) < 4.78 is 0. The van der Waals surface area contributed by atoms with Crippen molar-refractivity contribution in [1.29, 1.82) is 0 Å². The Morgan fingerprint density at radius 3 is 2.31 bits per heavy atom. The minimum atomic E-state index is 0.0128. The van der Waals surface area contributed by atoms with Crippen molar-refractivity contribution >= 4 is 38.2 Å². The van der Waals surface area contributed by atoms with Gasteiger partial charge < -0.3 is 5.32 Å². The molecule has 35 heavy (non-hydrogen) atoms. The van der Waals surface area contributed by atoms with E-state index in [9.17, 15) is 4.79 Å². The van der Waals surface area contributed by atoms with Crippen LogP contribution in [0.3, 0.4) is 0 Å². The molecule has 0 bridgehead atoms. The molecule has 5 aromatic carbocycles. The van der Waals surface area contributed by atoms with Crippen LogP contribution in [-0.2, 0) is 13.0 Å². The molecule has 0 saturated carbocycles. The molecule has 0 spiro atoms. The van der Waals surface area contributed by atoms with Crippen molar-refractivity contribution in [3.05, 3.63) is 108 Å². The van der Waals surface area contributed by atoms with Gasteiger partial charge in [-0.05, 0) is 93.5 Å². The molecule has 1 heterocycles. The van der Waals surface area contributed by atoms with E-state index in [0.29, 0.717) is 6.54 Å². The van der Waals surface area contributed by atoms with Crippen LogP contribution in [-0.4, -0.2) is 30.4 Å². The van der Waals surface area contributed by atoms with E-state index in [1.165, 1.54) is 32.7 Å². The lowest BCUT2D eigenvalue weighted by Crippen LogP contribution is -2.32. The minimum Gasteiger partial charge on any atom is -0.352 e. The first-order valence-electron chi connectivity index (χ1n) is 12.7. The maximum absolute atomic E-state index is 12.7. The van der Waals surface area contributed by atoms with E-state index < -0.39 is 0 Å². The van der Waals surface area contributed by atoms with E-state index in [-0.39, 0.29) is 5.91 Å². The Morgan fingerprint density at radius 2 is 1.46 bits per heavy atom. The number of amides is 1. The monoisotopic (exact) mass is 458 g/mol. The molecule has 0 atom stereocenters. The molecule has 1 amide bonds. The third kappa shape index (κ3) is 4.52. The zero-order valence-electron chi connectivity index (χ0n) is 20.0. The first-order chi connectivity index (χ1) is 17.2. The maximum atomic E-state index is 12.7. The van der Waals surface area contributed by atoms with Gasteiger partial charge in [-0.15, -0.1) is 0 Å². The van der Waals surface area contributed by atoms with Gasteiger partial charge in [0, 0.05) is 25.2 Å². The summed E-state index contributed by atoms with van der Waals surface area (Å²) >= 11 is 0. The van der Waals surface area contributed by atoms with Crippen LogP contribution in [0.25, 0.3) is 32.3 Å². The van der Waals surface area contributed by atoms with Crippen LogP contribution in [0.2, 0.25) is 0 Å². The fraction of sp³-hybridized carbons (Fsp3) is 0.219. The molecule has 1 N–H and O–H groups in total. The number of hydrogen-bond acceptors (Lipinski definition) is 2. The molecule has 0 fully saturated rings. The van der Waals surface area contributed by atoms with E-state index in [1.54, 1.807) is 0 Å². The second kappa shape index (κ2) is 9.52. The number of fused-ring (bicyclic) bond motifs is 5. The smallest absolute Gasteiger partial charge is 0.251 e. The summed E-state index contributed by atoms with van der Waals surface area (Å²) in [7, 11) is 0. The van der Waals surface area contributed by atoms with Crippen LogP contribution in [0.5, 0.6) is 0 Å². The second-order valence-electron chi connectivity index (χ2n) is 9.67. The van der Waals surface area contributed by atoms with E-state index >= 15 is 0 Å². The fourth-order valence-corrected chi connectivity index (χ4v) is 5.45. The third-order valence-electron chi connectivity index (χ3n) is 7.36. The average Bonchev–Trinajstić information content (AvgIpc) is 2.91. The van der Waals surface area contributed by atoms with Crippen molar-refractivity contribution in [1.82, 2.24) is 10.2 Å². The molecular weight excluding hydrogens is 428 g/mol. The van der Waals surface area contributed by atoms with E-state index in [2.05, 4.69) is 83.0 Å². The zero-order valence-corrected chi connectivity index (χ0v) is 20.0. The molecule has 174 valence electrons. The summed E-state index contributed by atoms with van der Waals surface area (Å²) in [5.41, 5.74) is 3.72. The lowest BCUT2D eigenvalue weighted by molar-refractivity contribution is 0.0952. The predicted octanol–water partition coefficient (Wildman–Crippen LogP) is 6.71. The van der Waals surface area contributed by atoms with Gasteiger partial charge in [0.1, 0.15) is 0 Å².